The van der Waals surface area contributed by atoms with E-state index in [0.717, 1.165) is 41.0 Å². The van der Waals surface area contributed by atoms with Gasteiger partial charge in [0.1, 0.15) is 11.6 Å². The van der Waals surface area contributed by atoms with E-state index in [1.165, 1.54) is 0 Å². The molecule has 0 atom stereocenters. The summed E-state index contributed by atoms with van der Waals surface area (Å²) in [5.41, 5.74) is 0. The van der Waals surface area contributed by atoms with Crippen molar-refractivity contribution in [3.8, 4) is 11.5 Å². The Morgan fingerprint density at radius 1 is 1.08 bits per heavy atom. The van der Waals surface area contributed by atoms with Crippen LogP contribution in [0, 0.1) is 0 Å². The minimum Gasteiger partial charge on any atom is -0.493 e. The number of imidazole rings is 1. The highest BCUT2D eigenvalue weighted by atomic mass is 16.5. The number of methoxy groups -OCH3 is 2. The smallest absolute Gasteiger partial charge is 0.161 e. The summed E-state index contributed by atoms with van der Waals surface area (Å²) >= 11 is 0. The number of pyridine rings is 1. The fraction of sp³-hybridized carbons (Fsp3) is 0.333. The molecule has 1 aliphatic carbocycles. The van der Waals surface area contributed by atoms with Gasteiger partial charge < -0.3 is 19.8 Å². The molecule has 24 heavy (non-hydrogen) atoms. The van der Waals surface area contributed by atoms with Crippen LogP contribution < -0.4 is 14.8 Å². The van der Waals surface area contributed by atoms with E-state index >= 15 is 0 Å². The van der Waals surface area contributed by atoms with Gasteiger partial charge in [0.05, 0.1) is 14.2 Å². The summed E-state index contributed by atoms with van der Waals surface area (Å²) in [6, 6.07) is 6.35. The van der Waals surface area contributed by atoms with E-state index in [-0.39, 0.29) is 0 Å². The lowest BCUT2D eigenvalue weighted by molar-refractivity contribution is 0.355. The molecule has 6 heteroatoms. The van der Waals surface area contributed by atoms with Gasteiger partial charge in [0.25, 0.3) is 0 Å². The quantitative estimate of drug-likeness (QED) is 0.753. The van der Waals surface area contributed by atoms with Gasteiger partial charge in [-0.25, -0.2) is 9.97 Å². The second-order valence-corrected chi connectivity index (χ2v) is 6.07. The van der Waals surface area contributed by atoms with Gasteiger partial charge in [-0.1, -0.05) is 0 Å². The number of nitrogens with one attached hydrogen (secondary N) is 2. The van der Waals surface area contributed by atoms with Gasteiger partial charge in [0.15, 0.2) is 11.5 Å². The molecule has 0 bridgehead atoms. The molecule has 3 aromatic rings. The summed E-state index contributed by atoms with van der Waals surface area (Å²) in [4.78, 5) is 12.1. The van der Waals surface area contributed by atoms with Gasteiger partial charge in [0, 0.05) is 35.9 Å². The molecule has 0 radical (unpaired) electrons. The molecule has 2 aromatic heterocycles. The van der Waals surface area contributed by atoms with Crippen molar-refractivity contribution in [3.05, 3.63) is 42.6 Å². The first-order valence-electron chi connectivity index (χ1n) is 8.05. The van der Waals surface area contributed by atoms with Crippen molar-refractivity contribution in [2.24, 2.45) is 0 Å². The van der Waals surface area contributed by atoms with Gasteiger partial charge >= 0.3 is 0 Å². The zero-order valence-electron chi connectivity index (χ0n) is 13.7. The van der Waals surface area contributed by atoms with E-state index in [2.05, 4.69) is 20.3 Å². The minimum atomic E-state index is 0.409. The first-order valence-corrected chi connectivity index (χ1v) is 8.05. The van der Waals surface area contributed by atoms with Crippen LogP contribution in [0.1, 0.15) is 24.6 Å². The molecule has 0 aliphatic heterocycles. The van der Waals surface area contributed by atoms with Crippen molar-refractivity contribution in [1.29, 1.82) is 0 Å². The molecule has 6 nitrogen and oxygen atoms in total. The number of ether oxygens (including phenoxy) is 2. The molecule has 0 unspecified atom stereocenters. The fourth-order valence-corrected chi connectivity index (χ4v) is 3.27. The number of aromatic nitrogens is 3. The predicted molar refractivity (Wildman–Crippen MR) is 92.8 cm³/mol. The van der Waals surface area contributed by atoms with Gasteiger partial charge in [-0.15, -0.1) is 0 Å². The molecule has 1 saturated carbocycles. The van der Waals surface area contributed by atoms with Gasteiger partial charge in [-0.05, 0) is 36.4 Å². The number of H-pyrrole nitrogens is 1. The first kappa shape index (κ1) is 14.8. The van der Waals surface area contributed by atoms with Crippen molar-refractivity contribution in [1.82, 2.24) is 15.0 Å². The Balaban J connectivity index is 1.56. The van der Waals surface area contributed by atoms with Crippen LogP contribution in [0.3, 0.4) is 0 Å². The summed E-state index contributed by atoms with van der Waals surface area (Å²) < 4.78 is 10.8. The van der Waals surface area contributed by atoms with E-state index in [4.69, 9.17) is 9.47 Å². The van der Waals surface area contributed by atoms with Crippen LogP contribution in [0.4, 0.5) is 5.82 Å². The van der Waals surface area contributed by atoms with Crippen LogP contribution in [0.2, 0.25) is 0 Å². The van der Waals surface area contributed by atoms with E-state index in [1.54, 1.807) is 14.2 Å². The van der Waals surface area contributed by atoms with Gasteiger partial charge in [0.2, 0.25) is 0 Å². The zero-order valence-corrected chi connectivity index (χ0v) is 13.7. The monoisotopic (exact) mass is 324 g/mol. The zero-order chi connectivity index (χ0) is 16.5. The van der Waals surface area contributed by atoms with Crippen molar-refractivity contribution < 1.29 is 9.47 Å². The Morgan fingerprint density at radius 2 is 1.88 bits per heavy atom. The molecule has 0 spiro atoms. The van der Waals surface area contributed by atoms with Crippen molar-refractivity contribution in [2.75, 3.05) is 19.5 Å². The summed E-state index contributed by atoms with van der Waals surface area (Å²) in [6.07, 6.45) is 7.61. The standard InChI is InChI=1S/C18H20N4O2/c1-23-15-9-11-3-4-19-18(14(11)10-16(15)24-2)22-13-7-12(8-13)17-20-5-6-21-17/h3-6,9-10,12-13H,7-8H2,1-2H3,(H,19,22)(H,20,21). The SMILES string of the molecule is COc1cc2ccnc(NC3CC(c4ncc[nH]4)C3)c2cc1OC. The molecular formula is C18H20N4O2. The Morgan fingerprint density at radius 3 is 2.58 bits per heavy atom. The van der Waals surface area contributed by atoms with Gasteiger partial charge in [-0.2, -0.15) is 0 Å². The van der Waals surface area contributed by atoms with Crippen molar-refractivity contribution >= 4 is 16.6 Å². The average Bonchev–Trinajstić information content (AvgIpc) is 3.10. The maximum atomic E-state index is 5.42. The van der Waals surface area contributed by atoms with Crippen LogP contribution in [-0.4, -0.2) is 35.2 Å². The van der Waals surface area contributed by atoms with Crippen molar-refractivity contribution in [3.63, 3.8) is 0 Å². The number of anilines is 1. The van der Waals surface area contributed by atoms with Gasteiger partial charge in [-0.3, -0.25) is 0 Å². The van der Waals surface area contributed by atoms with E-state index < -0.39 is 0 Å². The fourth-order valence-electron chi connectivity index (χ4n) is 3.27. The largest absolute Gasteiger partial charge is 0.493 e. The molecule has 4 rings (SSSR count). The Kier molecular flexibility index (Phi) is 3.72. The Hall–Kier alpha value is -2.76. The Bertz CT molecular complexity index is 842. The number of rotatable bonds is 5. The van der Waals surface area contributed by atoms with Crippen LogP contribution in [-0.2, 0) is 0 Å². The normalized spacial score (nSPS) is 19.8. The van der Waals surface area contributed by atoms with E-state index in [0.29, 0.717) is 17.7 Å². The number of hydrogen-bond acceptors (Lipinski definition) is 5. The summed E-state index contributed by atoms with van der Waals surface area (Å²) in [6.45, 7) is 0. The molecule has 1 fully saturated rings. The number of benzene rings is 1. The number of fused-ring (bicyclic) bond motifs is 1. The topological polar surface area (TPSA) is 72.1 Å². The molecular weight excluding hydrogens is 304 g/mol. The van der Waals surface area contributed by atoms with Crippen LogP contribution >= 0.6 is 0 Å². The maximum Gasteiger partial charge on any atom is 0.161 e. The summed E-state index contributed by atoms with van der Waals surface area (Å²) in [5.74, 6) is 3.90. The van der Waals surface area contributed by atoms with E-state index in [9.17, 15) is 0 Å². The molecule has 2 heterocycles. The first-order chi connectivity index (χ1) is 11.8. The second kappa shape index (κ2) is 6.03. The molecule has 1 aliphatic rings. The third-order valence-electron chi connectivity index (χ3n) is 4.65. The van der Waals surface area contributed by atoms with Crippen LogP contribution in [0.5, 0.6) is 11.5 Å². The van der Waals surface area contributed by atoms with Crippen molar-refractivity contribution in [2.45, 2.75) is 24.8 Å². The predicted octanol–water partition coefficient (Wildman–Crippen LogP) is 3.33. The number of hydrogen-bond donors (Lipinski definition) is 2. The van der Waals surface area contributed by atoms with Crippen LogP contribution in [0.25, 0.3) is 10.8 Å². The third-order valence-corrected chi connectivity index (χ3v) is 4.65. The molecule has 2 N–H and O–H groups in total. The average molecular weight is 324 g/mol. The Labute approximate surface area is 140 Å². The summed E-state index contributed by atoms with van der Waals surface area (Å²) in [7, 11) is 3.29. The maximum absolute atomic E-state index is 5.42. The lowest BCUT2D eigenvalue weighted by atomic mass is 9.79. The number of aromatic amines is 1. The number of nitrogens with zero attached hydrogens (tertiary/aromatic N) is 2. The highest BCUT2D eigenvalue weighted by Gasteiger charge is 2.32. The molecule has 0 amide bonds. The lowest BCUT2D eigenvalue weighted by Crippen LogP contribution is -2.34. The second-order valence-electron chi connectivity index (χ2n) is 6.07. The molecule has 1 aromatic carbocycles. The highest BCUT2D eigenvalue weighted by Crippen LogP contribution is 2.39. The van der Waals surface area contributed by atoms with E-state index in [1.807, 2.05) is 36.8 Å². The third kappa shape index (κ3) is 2.54. The molecule has 124 valence electrons. The summed E-state index contributed by atoms with van der Waals surface area (Å²) in [5, 5.41) is 5.67. The van der Waals surface area contributed by atoms with Crippen LogP contribution in [0.15, 0.2) is 36.8 Å². The highest BCUT2D eigenvalue weighted by molar-refractivity contribution is 5.94. The minimum absolute atomic E-state index is 0.409. The molecule has 0 saturated heterocycles. The lowest BCUT2D eigenvalue weighted by Gasteiger charge is -2.35.